The van der Waals surface area contributed by atoms with E-state index in [1.54, 1.807) is 0 Å². The van der Waals surface area contributed by atoms with Crippen molar-refractivity contribution in [2.24, 2.45) is 11.1 Å². The third-order valence-corrected chi connectivity index (χ3v) is 5.49. The molecule has 0 saturated carbocycles. The van der Waals surface area contributed by atoms with Crippen LogP contribution in [-0.4, -0.2) is 35.4 Å². The normalized spacial score (nSPS) is 27.5. The molecule has 2 heterocycles. The Morgan fingerprint density at radius 1 is 1.50 bits per heavy atom. The molecule has 3 N–H and O–H groups in total. The number of hydrogen-bond donors (Lipinski definition) is 2. The summed E-state index contributed by atoms with van der Waals surface area (Å²) in [5.74, 6) is -0.222. The van der Waals surface area contributed by atoms with E-state index >= 15 is 0 Å². The largest absolute Gasteiger partial charge is 0.369 e. The minimum Gasteiger partial charge on any atom is -0.369 e. The van der Waals surface area contributed by atoms with E-state index in [1.807, 2.05) is 6.92 Å². The van der Waals surface area contributed by atoms with Crippen LogP contribution in [0.4, 0.5) is 0 Å². The molecule has 22 heavy (non-hydrogen) atoms. The molecule has 4 nitrogen and oxygen atoms in total. The summed E-state index contributed by atoms with van der Waals surface area (Å²) in [6.45, 7) is 2.74. The first-order valence-electron chi connectivity index (χ1n) is 7.88. The van der Waals surface area contributed by atoms with Crippen LogP contribution in [0, 0.1) is 5.41 Å². The Bertz CT molecular complexity index is 804. The van der Waals surface area contributed by atoms with Crippen molar-refractivity contribution in [2.45, 2.75) is 25.8 Å². The van der Waals surface area contributed by atoms with Crippen molar-refractivity contribution in [3.63, 3.8) is 0 Å². The van der Waals surface area contributed by atoms with Crippen LogP contribution in [0.25, 0.3) is 16.5 Å². The third-order valence-electron chi connectivity index (χ3n) is 5.49. The molecule has 2 aliphatic rings. The number of primary amides is 1. The molecular formula is C18H21N3O. The maximum Gasteiger partial charge on any atom is 0.228 e. The molecule has 2 aromatic rings. The molecule has 0 bridgehead atoms. The molecule has 1 aliphatic carbocycles. The highest BCUT2D eigenvalue weighted by Crippen LogP contribution is 2.44. The highest BCUT2D eigenvalue weighted by molar-refractivity contribution is 5.99. The number of rotatable bonds is 2. The van der Waals surface area contributed by atoms with E-state index < -0.39 is 5.41 Å². The summed E-state index contributed by atoms with van der Waals surface area (Å²) in [7, 11) is 2.10. The lowest BCUT2D eigenvalue weighted by atomic mass is 9.72. The van der Waals surface area contributed by atoms with Gasteiger partial charge in [0.25, 0.3) is 0 Å². The molecule has 0 saturated heterocycles. The molecular weight excluding hydrogens is 274 g/mol. The smallest absolute Gasteiger partial charge is 0.228 e. The molecule has 0 fully saturated rings. The van der Waals surface area contributed by atoms with Gasteiger partial charge in [0, 0.05) is 29.7 Å². The first-order valence-corrected chi connectivity index (χ1v) is 7.88. The minimum atomic E-state index is -0.559. The number of nitrogens with two attached hydrogens (primary N) is 1. The van der Waals surface area contributed by atoms with E-state index in [1.165, 1.54) is 27.6 Å². The van der Waals surface area contributed by atoms with Crippen molar-refractivity contribution in [3.8, 4) is 0 Å². The number of nitrogens with zero attached hydrogens (tertiary/aromatic N) is 1. The van der Waals surface area contributed by atoms with Crippen molar-refractivity contribution in [1.29, 1.82) is 0 Å². The van der Waals surface area contributed by atoms with Gasteiger partial charge in [0.2, 0.25) is 5.91 Å². The summed E-state index contributed by atoms with van der Waals surface area (Å²) < 4.78 is 0. The zero-order chi connectivity index (χ0) is 15.5. The van der Waals surface area contributed by atoms with Crippen molar-refractivity contribution in [3.05, 3.63) is 41.6 Å². The van der Waals surface area contributed by atoms with Crippen LogP contribution in [0.5, 0.6) is 0 Å². The van der Waals surface area contributed by atoms with Gasteiger partial charge >= 0.3 is 0 Å². The number of hydrogen-bond acceptors (Lipinski definition) is 2. The van der Waals surface area contributed by atoms with Gasteiger partial charge in [-0.3, -0.25) is 9.69 Å². The SMILES string of the molecule is CCC1(C(N)=O)C=C2c3cccc4[nH]cc(c34)C[C@H]2N(C)C1. The lowest BCUT2D eigenvalue weighted by Crippen LogP contribution is -2.52. The standard InChI is InChI=1S/C18H21N3O/c1-3-18(17(19)22)8-13-12-5-4-6-14-16(12)11(9-20-14)7-15(13)21(2)10-18/h4-6,8-9,15,20H,3,7,10H2,1-2H3,(H2,19,22)/t15-,18?/m1/s1. The summed E-state index contributed by atoms with van der Waals surface area (Å²) in [6, 6.07) is 6.68. The van der Waals surface area contributed by atoms with Gasteiger partial charge in [-0.2, -0.15) is 0 Å². The lowest BCUT2D eigenvalue weighted by Gasteiger charge is -2.44. The quantitative estimate of drug-likeness (QED) is 0.893. The van der Waals surface area contributed by atoms with E-state index in [4.69, 9.17) is 5.73 Å². The van der Waals surface area contributed by atoms with Gasteiger partial charge < -0.3 is 10.7 Å². The van der Waals surface area contributed by atoms with Crippen LogP contribution in [0.15, 0.2) is 30.5 Å². The summed E-state index contributed by atoms with van der Waals surface area (Å²) in [6.07, 6.45) is 6.00. The fourth-order valence-electron chi connectivity index (χ4n) is 4.16. The molecule has 1 aromatic heterocycles. The molecule has 1 aliphatic heterocycles. The van der Waals surface area contributed by atoms with E-state index in [0.717, 1.165) is 12.8 Å². The Balaban J connectivity index is 1.99. The van der Waals surface area contributed by atoms with Crippen LogP contribution in [-0.2, 0) is 11.2 Å². The Morgan fingerprint density at radius 2 is 2.32 bits per heavy atom. The summed E-state index contributed by atoms with van der Waals surface area (Å²) in [5.41, 5.74) is 10.2. The minimum absolute atomic E-state index is 0.222. The molecule has 4 heteroatoms. The number of H-pyrrole nitrogens is 1. The molecule has 2 atom stereocenters. The van der Waals surface area contributed by atoms with Gasteiger partial charge in [0.15, 0.2) is 0 Å². The monoisotopic (exact) mass is 295 g/mol. The molecule has 0 spiro atoms. The van der Waals surface area contributed by atoms with E-state index in [2.05, 4.69) is 47.4 Å². The molecule has 1 unspecified atom stereocenters. The van der Waals surface area contributed by atoms with E-state index in [0.29, 0.717) is 12.6 Å². The molecule has 4 rings (SSSR count). The Kier molecular flexibility index (Phi) is 2.76. The number of nitrogens with one attached hydrogen (secondary N) is 1. The van der Waals surface area contributed by atoms with Gasteiger partial charge in [0.05, 0.1) is 5.41 Å². The topological polar surface area (TPSA) is 62.1 Å². The second-order valence-corrected chi connectivity index (χ2v) is 6.65. The number of fused-ring (bicyclic) bond motifs is 2. The Labute approximate surface area is 130 Å². The zero-order valence-electron chi connectivity index (χ0n) is 13.0. The summed E-state index contributed by atoms with van der Waals surface area (Å²) in [4.78, 5) is 17.8. The predicted octanol–water partition coefficient (Wildman–Crippen LogP) is 2.30. The van der Waals surface area contributed by atoms with Crippen LogP contribution in [0.1, 0.15) is 24.5 Å². The van der Waals surface area contributed by atoms with Crippen LogP contribution < -0.4 is 5.73 Å². The average molecular weight is 295 g/mol. The van der Waals surface area contributed by atoms with Gasteiger partial charge in [0.1, 0.15) is 0 Å². The number of carbonyl (C=O) groups excluding carboxylic acids is 1. The lowest BCUT2D eigenvalue weighted by molar-refractivity contribution is -0.126. The van der Waals surface area contributed by atoms with Gasteiger partial charge in [-0.25, -0.2) is 0 Å². The highest BCUT2D eigenvalue weighted by atomic mass is 16.1. The fourth-order valence-corrected chi connectivity index (χ4v) is 4.16. The molecule has 1 aromatic carbocycles. The number of benzene rings is 1. The van der Waals surface area contributed by atoms with Crippen molar-refractivity contribution in [2.75, 3.05) is 13.6 Å². The third kappa shape index (κ3) is 1.64. The van der Waals surface area contributed by atoms with Crippen LogP contribution in [0.2, 0.25) is 0 Å². The van der Waals surface area contributed by atoms with E-state index in [9.17, 15) is 4.79 Å². The van der Waals surface area contributed by atoms with Crippen molar-refractivity contribution in [1.82, 2.24) is 9.88 Å². The highest BCUT2D eigenvalue weighted by Gasteiger charge is 2.43. The zero-order valence-corrected chi connectivity index (χ0v) is 13.0. The van der Waals surface area contributed by atoms with Crippen LogP contribution >= 0.6 is 0 Å². The molecule has 1 amide bonds. The number of aromatic amines is 1. The van der Waals surface area contributed by atoms with Gasteiger partial charge in [-0.05, 0) is 42.7 Å². The maximum absolute atomic E-state index is 12.1. The molecule has 114 valence electrons. The second kappa shape index (κ2) is 4.46. The first kappa shape index (κ1) is 13.6. The Hall–Kier alpha value is -2.07. The first-order chi connectivity index (χ1) is 10.6. The van der Waals surface area contributed by atoms with Crippen molar-refractivity contribution < 1.29 is 4.79 Å². The molecule has 0 radical (unpaired) electrons. The number of amides is 1. The van der Waals surface area contributed by atoms with Gasteiger partial charge in [-0.15, -0.1) is 0 Å². The fraction of sp³-hybridized carbons (Fsp3) is 0.389. The second-order valence-electron chi connectivity index (χ2n) is 6.65. The van der Waals surface area contributed by atoms with Crippen LogP contribution in [0.3, 0.4) is 0 Å². The predicted molar refractivity (Wildman–Crippen MR) is 88.3 cm³/mol. The average Bonchev–Trinajstić information content (AvgIpc) is 2.93. The maximum atomic E-state index is 12.1. The Morgan fingerprint density at radius 3 is 3.05 bits per heavy atom. The number of aromatic nitrogens is 1. The van der Waals surface area contributed by atoms with Crippen molar-refractivity contribution >= 4 is 22.4 Å². The van der Waals surface area contributed by atoms with Gasteiger partial charge in [-0.1, -0.05) is 25.1 Å². The summed E-state index contributed by atoms with van der Waals surface area (Å²) in [5, 5.41) is 1.30. The van der Waals surface area contributed by atoms with E-state index in [-0.39, 0.29) is 5.91 Å². The number of carbonyl (C=O) groups is 1. The summed E-state index contributed by atoms with van der Waals surface area (Å²) >= 11 is 0. The number of likely N-dealkylation sites (N-methyl/N-ethyl adjacent to an activating group) is 1.